The molecule has 0 aliphatic heterocycles. The molecule has 0 unspecified atom stereocenters. The molecule has 2 aromatic heterocycles. The van der Waals surface area contributed by atoms with Gasteiger partial charge in [0.25, 0.3) is 0 Å². The lowest BCUT2D eigenvalue weighted by molar-refractivity contribution is -0.136. The molecule has 0 saturated heterocycles. The van der Waals surface area contributed by atoms with E-state index in [1.165, 1.54) is 6.20 Å². The monoisotopic (exact) mass is 482 g/mol. The summed E-state index contributed by atoms with van der Waals surface area (Å²) in [6.45, 7) is -0.683. The van der Waals surface area contributed by atoms with Crippen LogP contribution < -0.4 is 5.69 Å². The van der Waals surface area contributed by atoms with Crippen LogP contribution in [-0.2, 0) is 13.1 Å². The van der Waals surface area contributed by atoms with Crippen molar-refractivity contribution in [2.24, 2.45) is 0 Å². The third-order valence-corrected chi connectivity index (χ3v) is 5.19. The lowest BCUT2D eigenvalue weighted by Gasteiger charge is -2.08. The number of hydrogen-bond donors (Lipinski definition) is 0. The van der Waals surface area contributed by atoms with Crippen LogP contribution in [0.3, 0.4) is 0 Å². The van der Waals surface area contributed by atoms with Gasteiger partial charge in [0.15, 0.2) is 5.82 Å². The van der Waals surface area contributed by atoms with Gasteiger partial charge in [-0.15, -0.1) is 5.10 Å². The molecule has 0 aliphatic rings. The summed E-state index contributed by atoms with van der Waals surface area (Å²) in [6.07, 6.45) is -4.17. The highest BCUT2D eigenvalue weighted by Gasteiger charge is 2.28. The molecule has 0 fully saturated rings. The van der Waals surface area contributed by atoms with Crippen molar-refractivity contribution < 1.29 is 17.6 Å². The predicted octanol–water partition coefficient (Wildman–Crippen LogP) is 5.67. The molecule has 4 rings (SSSR count). The van der Waals surface area contributed by atoms with Gasteiger partial charge in [0.2, 0.25) is 5.89 Å². The molecule has 0 amide bonds. The van der Waals surface area contributed by atoms with Gasteiger partial charge in [0, 0.05) is 17.1 Å². The minimum absolute atomic E-state index is 0.0989. The molecule has 2 aromatic carbocycles. The fraction of sp³-hybridized carbons (Fsp3) is 0.190. The van der Waals surface area contributed by atoms with Crippen molar-refractivity contribution in [3.05, 3.63) is 81.0 Å². The first-order valence-electron chi connectivity index (χ1n) is 9.41. The Bertz CT molecular complexity index is 1290. The maximum atomic E-state index is 12.9. The molecule has 6 nitrogen and oxygen atoms in total. The molecule has 0 saturated carbocycles. The Balaban J connectivity index is 1.68. The van der Waals surface area contributed by atoms with Crippen LogP contribution in [0.4, 0.5) is 13.2 Å². The predicted molar refractivity (Wildman–Crippen MR) is 114 cm³/mol. The standard InChI is InChI=1S/C21H15Cl2F3N4O2/c22-14-7-5-13(6-8-14)18-28-30(20(31)29(18)10-9-21(24,25)26)12-15-11-27-19(32-15)16-3-1-2-4-17(16)23/h1-8,11H,9-10,12H2. The molecule has 0 atom stereocenters. The zero-order valence-corrected chi connectivity index (χ0v) is 17.8. The second kappa shape index (κ2) is 8.84. The normalized spacial score (nSPS) is 11.8. The maximum Gasteiger partial charge on any atom is 0.390 e. The molecule has 4 aromatic rings. The van der Waals surface area contributed by atoms with Crippen LogP contribution in [0.2, 0.25) is 10.0 Å². The van der Waals surface area contributed by atoms with Crippen molar-refractivity contribution in [2.45, 2.75) is 25.7 Å². The van der Waals surface area contributed by atoms with E-state index in [9.17, 15) is 18.0 Å². The number of hydrogen-bond acceptors (Lipinski definition) is 4. The van der Waals surface area contributed by atoms with Gasteiger partial charge in [-0.3, -0.25) is 4.57 Å². The zero-order chi connectivity index (χ0) is 22.9. The molecular formula is C21H15Cl2F3N4O2. The molecule has 32 heavy (non-hydrogen) atoms. The first-order valence-corrected chi connectivity index (χ1v) is 10.2. The number of benzene rings is 2. The fourth-order valence-corrected chi connectivity index (χ4v) is 3.43. The fourth-order valence-electron chi connectivity index (χ4n) is 3.08. The Morgan fingerprint density at radius 3 is 2.44 bits per heavy atom. The largest absolute Gasteiger partial charge is 0.439 e. The van der Waals surface area contributed by atoms with Crippen molar-refractivity contribution in [1.82, 2.24) is 19.3 Å². The molecule has 0 radical (unpaired) electrons. The molecule has 0 spiro atoms. The van der Waals surface area contributed by atoms with E-state index in [0.29, 0.717) is 26.9 Å². The highest BCUT2D eigenvalue weighted by atomic mass is 35.5. The van der Waals surface area contributed by atoms with Gasteiger partial charge in [-0.05, 0) is 36.4 Å². The van der Waals surface area contributed by atoms with Crippen LogP contribution in [0, 0.1) is 0 Å². The van der Waals surface area contributed by atoms with Crippen molar-refractivity contribution in [3.8, 4) is 22.8 Å². The molecule has 2 heterocycles. The molecular weight excluding hydrogens is 468 g/mol. The summed E-state index contributed by atoms with van der Waals surface area (Å²) in [7, 11) is 0. The van der Waals surface area contributed by atoms with Gasteiger partial charge in [-0.1, -0.05) is 35.3 Å². The second-order valence-electron chi connectivity index (χ2n) is 6.90. The van der Waals surface area contributed by atoms with E-state index in [1.807, 2.05) is 0 Å². The van der Waals surface area contributed by atoms with Gasteiger partial charge in [-0.25, -0.2) is 14.5 Å². The summed E-state index contributed by atoms with van der Waals surface area (Å²) in [4.78, 5) is 17.0. The van der Waals surface area contributed by atoms with Crippen molar-refractivity contribution in [3.63, 3.8) is 0 Å². The summed E-state index contributed by atoms with van der Waals surface area (Å²) in [6, 6.07) is 13.3. The van der Waals surface area contributed by atoms with Gasteiger partial charge < -0.3 is 4.42 Å². The number of nitrogens with zero attached hydrogens (tertiary/aromatic N) is 4. The van der Waals surface area contributed by atoms with Crippen molar-refractivity contribution >= 4 is 23.2 Å². The Hall–Kier alpha value is -3.04. The highest BCUT2D eigenvalue weighted by molar-refractivity contribution is 6.33. The molecule has 0 aliphatic carbocycles. The summed E-state index contributed by atoms with van der Waals surface area (Å²) in [5.74, 6) is 0.653. The highest BCUT2D eigenvalue weighted by Crippen LogP contribution is 2.27. The third-order valence-electron chi connectivity index (χ3n) is 4.61. The Morgan fingerprint density at radius 1 is 1.03 bits per heavy atom. The van der Waals surface area contributed by atoms with E-state index < -0.39 is 24.8 Å². The van der Waals surface area contributed by atoms with Crippen molar-refractivity contribution in [1.29, 1.82) is 0 Å². The summed E-state index contributed by atoms with van der Waals surface area (Å²) < 4.78 is 46.2. The van der Waals surface area contributed by atoms with Gasteiger partial charge in [-0.2, -0.15) is 13.2 Å². The van der Waals surface area contributed by atoms with Crippen LogP contribution in [-0.4, -0.2) is 25.5 Å². The van der Waals surface area contributed by atoms with E-state index in [2.05, 4.69) is 10.1 Å². The minimum Gasteiger partial charge on any atom is -0.439 e. The quantitative estimate of drug-likeness (QED) is 0.354. The average molecular weight is 483 g/mol. The number of rotatable bonds is 6. The maximum absolute atomic E-state index is 12.9. The van der Waals surface area contributed by atoms with E-state index in [-0.39, 0.29) is 18.3 Å². The molecule has 166 valence electrons. The van der Waals surface area contributed by atoms with Crippen molar-refractivity contribution in [2.75, 3.05) is 0 Å². The number of aromatic nitrogens is 4. The van der Waals surface area contributed by atoms with E-state index in [4.69, 9.17) is 27.6 Å². The molecule has 0 bridgehead atoms. The van der Waals surface area contributed by atoms with Gasteiger partial charge >= 0.3 is 11.9 Å². The first-order chi connectivity index (χ1) is 15.2. The Morgan fingerprint density at radius 2 is 1.75 bits per heavy atom. The topological polar surface area (TPSA) is 65.8 Å². The van der Waals surface area contributed by atoms with Crippen LogP contribution in [0.5, 0.6) is 0 Å². The second-order valence-corrected chi connectivity index (χ2v) is 7.74. The zero-order valence-electron chi connectivity index (χ0n) is 16.3. The van der Waals surface area contributed by atoms with Gasteiger partial charge in [0.05, 0.1) is 23.2 Å². The summed E-state index contributed by atoms with van der Waals surface area (Å²) in [5.41, 5.74) is 0.335. The SMILES string of the molecule is O=c1n(Cc2cnc(-c3ccccc3Cl)o2)nc(-c2ccc(Cl)cc2)n1CCC(F)(F)F. The van der Waals surface area contributed by atoms with Crippen LogP contribution in [0.15, 0.2) is 63.9 Å². The summed E-state index contributed by atoms with van der Waals surface area (Å²) in [5, 5.41) is 5.14. The van der Waals surface area contributed by atoms with Gasteiger partial charge in [0.1, 0.15) is 12.3 Å². The number of alkyl halides is 3. The van der Waals surface area contributed by atoms with E-state index in [1.54, 1.807) is 48.5 Å². The summed E-state index contributed by atoms with van der Waals surface area (Å²) >= 11 is 12.1. The number of halogens is 5. The van der Waals surface area contributed by atoms with E-state index in [0.717, 1.165) is 9.25 Å². The smallest absolute Gasteiger partial charge is 0.390 e. The number of oxazole rings is 1. The van der Waals surface area contributed by atoms with E-state index >= 15 is 0 Å². The van der Waals surface area contributed by atoms with Crippen LogP contribution >= 0.6 is 23.2 Å². The van der Waals surface area contributed by atoms with Crippen LogP contribution in [0.25, 0.3) is 22.8 Å². The minimum atomic E-state index is -4.42. The molecule has 11 heteroatoms. The Kier molecular flexibility index (Phi) is 6.12. The third kappa shape index (κ3) is 4.89. The lowest BCUT2D eigenvalue weighted by Crippen LogP contribution is -2.27. The first kappa shape index (κ1) is 22.2. The Labute approximate surface area is 189 Å². The molecule has 0 N–H and O–H groups in total. The average Bonchev–Trinajstić information content (AvgIpc) is 3.32. The lowest BCUT2D eigenvalue weighted by atomic mass is 10.2. The van der Waals surface area contributed by atoms with Crippen LogP contribution in [0.1, 0.15) is 12.2 Å².